The molecule has 1 aliphatic heterocycles. The summed E-state index contributed by atoms with van der Waals surface area (Å²) in [6.07, 6.45) is 2.64. The summed E-state index contributed by atoms with van der Waals surface area (Å²) < 4.78 is 0. The lowest BCUT2D eigenvalue weighted by Gasteiger charge is -2.37. The van der Waals surface area contributed by atoms with E-state index in [9.17, 15) is 0 Å². The minimum atomic E-state index is 0.289. The Morgan fingerprint density at radius 1 is 1.13 bits per heavy atom. The Kier molecular flexibility index (Phi) is 2.83. The summed E-state index contributed by atoms with van der Waals surface area (Å²) >= 11 is 0. The molecule has 1 aromatic rings. The van der Waals surface area contributed by atoms with Gasteiger partial charge in [0.25, 0.3) is 0 Å². The first-order valence-corrected chi connectivity index (χ1v) is 5.91. The third-order valence-corrected chi connectivity index (χ3v) is 3.30. The first-order chi connectivity index (χ1) is 7.09. The van der Waals surface area contributed by atoms with Crippen LogP contribution >= 0.6 is 0 Å². The molecule has 1 atom stereocenters. The van der Waals surface area contributed by atoms with Crippen LogP contribution in [-0.4, -0.2) is 17.0 Å². The van der Waals surface area contributed by atoms with Crippen molar-refractivity contribution in [3.63, 3.8) is 0 Å². The van der Waals surface area contributed by atoms with E-state index < -0.39 is 0 Å². The number of rotatable bonds is 1. The van der Waals surface area contributed by atoms with Crippen molar-refractivity contribution in [1.29, 1.82) is 0 Å². The molecule has 1 heterocycles. The summed E-state index contributed by atoms with van der Waals surface area (Å²) in [7, 11) is 0. The van der Waals surface area contributed by atoms with Crippen LogP contribution in [0.25, 0.3) is 0 Å². The molecule has 15 heavy (non-hydrogen) atoms. The van der Waals surface area contributed by atoms with Crippen molar-refractivity contribution in [2.45, 2.75) is 45.2 Å². The third kappa shape index (κ3) is 2.23. The Balaban J connectivity index is 2.23. The zero-order valence-corrected chi connectivity index (χ0v) is 10.0. The molecule has 0 spiro atoms. The fourth-order valence-electron chi connectivity index (χ4n) is 2.59. The van der Waals surface area contributed by atoms with Gasteiger partial charge in [-0.15, -0.1) is 0 Å². The number of hydrogen-bond acceptors (Lipinski definition) is 1. The maximum atomic E-state index is 2.63. The van der Waals surface area contributed by atoms with Crippen LogP contribution in [0.4, 0.5) is 0 Å². The van der Waals surface area contributed by atoms with E-state index in [1.54, 1.807) is 0 Å². The van der Waals surface area contributed by atoms with Crippen molar-refractivity contribution >= 4 is 0 Å². The Morgan fingerprint density at radius 2 is 1.80 bits per heavy atom. The van der Waals surface area contributed by atoms with Gasteiger partial charge < -0.3 is 0 Å². The summed E-state index contributed by atoms with van der Waals surface area (Å²) in [4.78, 5) is 2.63. The Bertz CT molecular complexity index is 310. The minimum absolute atomic E-state index is 0.289. The fourth-order valence-corrected chi connectivity index (χ4v) is 2.59. The summed E-state index contributed by atoms with van der Waals surface area (Å²) in [5.74, 6) is 0. The van der Waals surface area contributed by atoms with Gasteiger partial charge in [0.15, 0.2) is 0 Å². The van der Waals surface area contributed by atoms with Crippen LogP contribution < -0.4 is 0 Å². The summed E-state index contributed by atoms with van der Waals surface area (Å²) in [6, 6.07) is 11.5. The van der Waals surface area contributed by atoms with E-state index in [0.29, 0.717) is 6.04 Å². The Labute approximate surface area is 93.1 Å². The van der Waals surface area contributed by atoms with Gasteiger partial charge in [-0.3, -0.25) is 4.90 Å². The van der Waals surface area contributed by atoms with Crippen LogP contribution in [0.1, 0.15) is 45.2 Å². The maximum Gasteiger partial charge on any atom is 0.0353 e. The molecular formula is C14H21N. The van der Waals surface area contributed by atoms with Gasteiger partial charge in [-0.2, -0.15) is 0 Å². The minimum Gasteiger partial charge on any atom is -0.291 e. The summed E-state index contributed by atoms with van der Waals surface area (Å²) in [5.41, 5.74) is 1.77. The van der Waals surface area contributed by atoms with Crippen molar-refractivity contribution in [1.82, 2.24) is 4.90 Å². The molecule has 0 amide bonds. The molecule has 1 aliphatic rings. The largest absolute Gasteiger partial charge is 0.291 e. The molecule has 1 aromatic carbocycles. The van der Waals surface area contributed by atoms with E-state index in [2.05, 4.69) is 56.0 Å². The second-order valence-corrected chi connectivity index (χ2v) is 5.43. The van der Waals surface area contributed by atoms with Crippen molar-refractivity contribution < 1.29 is 0 Å². The van der Waals surface area contributed by atoms with Gasteiger partial charge in [0.1, 0.15) is 0 Å². The highest BCUT2D eigenvalue weighted by Crippen LogP contribution is 2.36. The van der Waals surface area contributed by atoms with Crippen molar-refractivity contribution in [3.05, 3.63) is 35.9 Å². The average Bonchev–Trinajstić information content (AvgIpc) is 2.67. The lowest BCUT2D eigenvalue weighted by atomic mass is 9.99. The molecule has 0 saturated carbocycles. The molecule has 1 nitrogen and oxygen atoms in total. The quantitative estimate of drug-likeness (QED) is 0.674. The number of hydrogen-bond donors (Lipinski definition) is 0. The molecule has 82 valence electrons. The molecule has 1 saturated heterocycles. The molecular weight excluding hydrogens is 182 g/mol. The first-order valence-electron chi connectivity index (χ1n) is 5.91. The smallest absolute Gasteiger partial charge is 0.0353 e. The van der Waals surface area contributed by atoms with Crippen molar-refractivity contribution in [3.8, 4) is 0 Å². The van der Waals surface area contributed by atoms with E-state index in [4.69, 9.17) is 0 Å². The predicted octanol–water partition coefficient (Wildman–Crippen LogP) is 3.62. The Morgan fingerprint density at radius 3 is 2.40 bits per heavy atom. The van der Waals surface area contributed by atoms with E-state index in [-0.39, 0.29) is 5.54 Å². The highest BCUT2D eigenvalue weighted by Gasteiger charge is 2.33. The second kappa shape index (κ2) is 3.97. The van der Waals surface area contributed by atoms with Gasteiger partial charge >= 0.3 is 0 Å². The van der Waals surface area contributed by atoms with Crippen molar-refractivity contribution in [2.75, 3.05) is 6.54 Å². The van der Waals surface area contributed by atoms with Gasteiger partial charge in [0.2, 0.25) is 0 Å². The predicted molar refractivity (Wildman–Crippen MR) is 64.9 cm³/mol. The Hall–Kier alpha value is -0.820. The molecule has 1 heteroatoms. The van der Waals surface area contributed by atoms with E-state index >= 15 is 0 Å². The molecule has 0 radical (unpaired) electrons. The van der Waals surface area contributed by atoms with Crippen LogP contribution in [0, 0.1) is 0 Å². The summed E-state index contributed by atoms with van der Waals surface area (Å²) in [5, 5.41) is 0. The summed E-state index contributed by atoms with van der Waals surface area (Å²) in [6.45, 7) is 8.18. The van der Waals surface area contributed by atoms with Gasteiger partial charge in [0, 0.05) is 11.6 Å². The first kappa shape index (κ1) is 10.7. The van der Waals surface area contributed by atoms with Crippen LogP contribution in [0.3, 0.4) is 0 Å². The van der Waals surface area contributed by atoms with Gasteiger partial charge in [-0.1, -0.05) is 30.3 Å². The maximum absolute atomic E-state index is 2.63. The lowest BCUT2D eigenvalue weighted by Crippen LogP contribution is -2.40. The number of benzene rings is 1. The second-order valence-electron chi connectivity index (χ2n) is 5.43. The molecule has 0 aromatic heterocycles. The molecule has 0 bridgehead atoms. The highest BCUT2D eigenvalue weighted by atomic mass is 15.2. The molecule has 1 fully saturated rings. The lowest BCUT2D eigenvalue weighted by molar-refractivity contribution is 0.121. The zero-order valence-electron chi connectivity index (χ0n) is 10.0. The van der Waals surface area contributed by atoms with Crippen LogP contribution in [0.5, 0.6) is 0 Å². The fraction of sp³-hybridized carbons (Fsp3) is 0.571. The average molecular weight is 203 g/mol. The van der Waals surface area contributed by atoms with Crippen molar-refractivity contribution in [2.24, 2.45) is 0 Å². The number of likely N-dealkylation sites (tertiary alicyclic amines) is 1. The zero-order chi connectivity index (χ0) is 10.9. The molecule has 1 unspecified atom stereocenters. The standard InChI is InChI=1S/C14H21N/c1-14(2,3)15-11-7-10-13(15)12-8-5-4-6-9-12/h4-6,8-9,13H,7,10-11H2,1-3H3. The van der Waals surface area contributed by atoms with E-state index in [0.717, 1.165) is 0 Å². The van der Waals surface area contributed by atoms with Gasteiger partial charge in [-0.25, -0.2) is 0 Å². The SMILES string of the molecule is CC(C)(C)N1CCCC1c1ccccc1. The van der Waals surface area contributed by atoms with E-state index in [1.165, 1.54) is 24.9 Å². The third-order valence-electron chi connectivity index (χ3n) is 3.30. The van der Waals surface area contributed by atoms with Crippen LogP contribution in [0.15, 0.2) is 30.3 Å². The number of nitrogens with zero attached hydrogens (tertiary/aromatic N) is 1. The monoisotopic (exact) mass is 203 g/mol. The highest BCUT2D eigenvalue weighted by molar-refractivity contribution is 5.20. The molecule has 0 N–H and O–H groups in total. The normalized spacial score (nSPS) is 23.3. The van der Waals surface area contributed by atoms with Crippen LogP contribution in [-0.2, 0) is 0 Å². The van der Waals surface area contributed by atoms with Gasteiger partial charge in [-0.05, 0) is 45.7 Å². The topological polar surface area (TPSA) is 3.24 Å². The van der Waals surface area contributed by atoms with E-state index in [1.807, 2.05) is 0 Å². The van der Waals surface area contributed by atoms with Crippen LogP contribution in [0.2, 0.25) is 0 Å². The molecule has 0 aliphatic carbocycles. The molecule has 2 rings (SSSR count). The van der Waals surface area contributed by atoms with Gasteiger partial charge in [0.05, 0.1) is 0 Å².